The van der Waals surface area contributed by atoms with Crippen molar-refractivity contribution in [1.82, 2.24) is 14.2 Å². The molecule has 0 radical (unpaired) electrons. The Hall–Kier alpha value is -4.42. The molecule has 0 spiro atoms. The number of hydrogen-bond acceptors (Lipinski definition) is 4. The van der Waals surface area contributed by atoms with Crippen molar-refractivity contribution in [2.24, 2.45) is 5.10 Å². The van der Waals surface area contributed by atoms with Crippen LogP contribution in [0.25, 0.3) is 39.1 Å². The van der Waals surface area contributed by atoms with E-state index in [2.05, 4.69) is 16.6 Å². The van der Waals surface area contributed by atoms with Gasteiger partial charge in [0.25, 0.3) is 5.56 Å². The molecule has 0 saturated heterocycles. The molecule has 0 saturated carbocycles. The first-order valence-electron chi connectivity index (χ1n) is 11.9. The SMILES string of the molecule is Cc1ccc(Cl)cc1-n1c(C)cc(C=Nn2c(-c3cc4ccccc4o3)nc3ccccc3c2=O)c1C. The Bertz CT molecular complexity index is 1880. The van der Waals surface area contributed by atoms with Gasteiger partial charge in [-0.3, -0.25) is 4.79 Å². The molecule has 6 aromatic rings. The molecule has 182 valence electrons. The molecule has 0 atom stereocenters. The van der Waals surface area contributed by atoms with E-state index in [1.165, 1.54) is 4.68 Å². The zero-order chi connectivity index (χ0) is 25.7. The molecule has 0 aliphatic rings. The summed E-state index contributed by atoms with van der Waals surface area (Å²) < 4.78 is 9.53. The van der Waals surface area contributed by atoms with Crippen molar-refractivity contribution < 1.29 is 4.42 Å². The van der Waals surface area contributed by atoms with Gasteiger partial charge >= 0.3 is 0 Å². The Morgan fingerprint density at radius 1 is 0.946 bits per heavy atom. The highest BCUT2D eigenvalue weighted by Crippen LogP contribution is 2.28. The van der Waals surface area contributed by atoms with E-state index >= 15 is 0 Å². The topological polar surface area (TPSA) is 65.3 Å². The van der Waals surface area contributed by atoms with Crippen LogP contribution in [-0.2, 0) is 0 Å². The second kappa shape index (κ2) is 8.91. The molecule has 6 nitrogen and oxygen atoms in total. The summed E-state index contributed by atoms with van der Waals surface area (Å²) in [5.74, 6) is 0.817. The van der Waals surface area contributed by atoms with Gasteiger partial charge in [-0.25, -0.2) is 4.98 Å². The molecule has 3 aromatic carbocycles. The number of hydrogen-bond donors (Lipinski definition) is 0. The summed E-state index contributed by atoms with van der Waals surface area (Å²) in [5, 5.41) is 6.72. The lowest BCUT2D eigenvalue weighted by atomic mass is 10.2. The van der Waals surface area contributed by atoms with Crippen LogP contribution >= 0.6 is 11.6 Å². The maximum Gasteiger partial charge on any atom is 0.282 e. The third-order valence-electron chi connectivity index (χ3n) is 6.59. The summed E-state index contributed by atoms with van der Waals surface area (Å²) in [6.45, 7) is 6.11. The molecule has 0 aliphatic carbocycles. The molecule has 0 N–H and O–H groups in total. The number of rotatable bonds is 4. The first-order valence-corrected chi connectivity index (χ1v) is 12.3. The molecule has 3 heterocycles. The summed E-state index contributed by atoms with van der Waals surface area (Å²) in [7, 11) is 0. The predicted molar refractivity (Wildman–Crippen MR) is 149 cm³/mol. The number of para-hydroxylation sites is 2. The standard InChI is InChI=1S/C30H23ClN4O2/c1-18-12-13-23(31)16-26(18)34-19(2)14-22(20(34)3)17-32-35-29(28-15-21-8-4-7-11-27(21)37-28)33-25-10-6-5-9-24(25)30(35)36/h4-17H,1-3H3. The molecule has 7 heteroatoms. The van der Waals surface area contributed by atoms with E-state index in [0.29, 0.717) is 27.5 Å². The van der Waals surface area contributed by atoms with E-state index in [-0.39, 0.29) is 5.56 Å². The van der Waals surface area contributed by atoms with Crippen molar-refractivity contribution in [2.75, 3.05) is 0 Å². The first-order chi connectivity index (χ1) is 17.9. The third kappa shape index (κ3) is 3.96. The Morgan fingerprint density at radius 2 is 1.73 bits per heavy atom. The van der Waals surface area contributed by atoms with Crippen LogP contribution in [0.5, 0.6) is 0 Å². The fourth-order valence-corrected chi connectivity index (χ4v) is 4.88. The smallest absolute Gasteiger partial charge is 0.282 e. The van der Waals surface area contributed by atoms with Gasteiger partial charge in [0.05, 0.1) is 17.1 Å². The lowest BCUT2D eigenvalue weighted by molar-refractivity contribution is 0.616. The van der Waals surface area contributed by atoms with Crippen LogP contribution in [0.2, 0.25) is 5.02 Å². The summed E-state index contributed by atoms with van der Waals surface area (Å²) in [4.78, 5) is 18.3. The van der Waals surface area contributed by atoms with Crippen LogP contribution in [-0.4, -0.2) is 20.4 Å². The zero-order valence-corrected chi connectivity index (χ0v) is 21.3. The number of aryl methyl sites for hydroxylation is 2. The van der Waals surface area contributed by atoms with Crippen molar-refractivity contribution >= 4 is 39.7 Å². The summed E-state index contributed by atoms with van der Waals surface area (Å²) in [6.07, 6.45) is 1.70. The quantitative estimate of drug-likeness (QED) is 0.240. The second-order valence-corrected chi connectivity index (χ2v) is 9.49. The molecule has 0 amide bonds. The number of nitrogens with zero attached hydrogens (tertiary/aromatic N) is 4. The van der Waals surface area contributed by atoms with E-state index in [9.17, 15) is 4.79 Å². The molecule has 6 rings (SSSR count). The molecular formula is C30H23ClN4O2. The van der Waals surface area contributed by atoms with Crippen LogP contribution in [0, 0.1) is 20.8 Å². The fourth-order valence-electron chi connectivity index (χ4n) is 4.71. The maximum atomic E-state index is 13.6. The Morgan fingerprint density at radius 3 is 2.57 bits per heavy atom. The van der Waals surface area contributed by atoms with Crippen LogP contribution in [0.4, 0.5) is 0 Å². The van der Waals surface area contributed by atoms with Crippen LogP contribution in [0.1, 0.15) is 22.5 Å². The number of benzene rings is 3. The van der Waals surface area contributed by atoms with Crippen LogP contribution in [0.15, 0.2) is 93.2 Å². The number of aromatic nitrogens is 3. The molecule has 0 unspecified atom stereocenters. The van der Waals surface area contributed by atoms with Crippen molar-refractivity contribution in [3.8, 4) is 17.3 Å². The Kier molecular flexibility index (Phi) is 5.54. The van der Waals surface area contributed by atoms with Gasteiger partial charge in [-0.1, -0.05) is 48.0 Å². The van der Waals surface area contributed by atoms with E-state index in [0.717, 1.165) is 39.2 Å². The van der Waals surface area contributed by atoms with E-state index in [1.54, 1.807) is 12.3 Å². The van der Waals surface area contributed by atoms with Gasteiger partial charge in [-0.2, -0.15) is 9.78 Å². The van der Waals surface area contributed by atoms with Crippen LogP contribution in [0.3, 0.4) is 0 Å². The summed E-state index contributed by atoms with van der Waals surface area (Å²) in [5.41, 5.74) is 6.06. The lowest BCUT2D eigenvalue weighted by Crippen LogP contribution is -2.20. The first kappa shape index (κ1) is 23.0. The normalized spacial score (nSPS) is 11.8. The minimum absolute atomic E-state index is 0.267. The van der Waals surface area contributed by atoms with E-state index < -0.39 is 0 Å². The van der Waals surface area contributed by atoms with Crippen molar-refractivity contribution in [2.45, 2.75) is 20.8 Å². The van der Waals surface area contributed by atoms with Crippen molar-refractivity contribution in [3.63, 3.8) is 0 Å². The molecule has 37 heavy (non-hydrogen) atoms. The molecule has 3 aromatic heterocycles. The Balaban J connectivity index is 1.52. The van der Waals surface area contributed by atoms with Gasteiger partial charge < -0.3 is 8.98 Å². The van der Waals surface area contributed by atoms with E-state index in [1.807, 2.05) is 86.6 Å². The molecule has 0 fully saturated rings. The minimum atomic E-state index is -0.267. The van der Waals surface area contributed by atoms with E-state index in [4.69, 9.17) is 21.0 Å². The summed E-state index contributed by atoms with van der Waals surface area (Å²) >= 11 is 6.30. The molecule has 0 aliphatic heterocycles. The number of halogens is 1. The lowest BCUT2D eigenvalue weighted by Gasteiger charge is -2.13. The zero-order valence-electron chi connectivity index (χ0n) is 20.6. The average molecular weight is 507 g/mol. The number of fused-ring (bicyclic) bond motifs is 2. The van der Waals surface area contributed by atoms with Gasteiger partial charge in [-0.05, 0) is 68.8 Å². The van der Waals surface area contributed by atoms with Gasteiger partial charge in [0, 0.05) is 33.0 Å². The van der Waals surface area contributed by atoms with Gasteiger partial charge in [0.15, 0.2) is 5.76 Å². The highest BCUT2D eigenvalue weighted by molar-refractivity contribution is 6.30. The van der Waals surface area contributed by atoms with Crippen molar-refractivity contribution in [1.29, 1.82) is 0 Å². The van der Waals surface area contributed by atoms with Gasteiger partial charge in [-0.15, -0.1) is 0 Å². The third-order valence-corrected chi connectivity index (χ3v) is 6.83. The minimum Gasteiger partial charge on any atom is -0.453 e. The highest BCUT2D eigenvalue weighted by atomic mass is 35.5. The van der Waals surface area contributed by atoms with Crippen LogP contribution < -0.4 is 5.56 Å². The predicted octanol–water partition coefficient (Wildman–Crippen LogP) is 7.06. The molecular weight excluding hydrogens is 484 g/mol. The van der Waals surface area contributed by atoms with Crippen molar-refractivity contribution in [3.05, 3.63) is 117 Å². The molecule has 0 bridgehead atoms. The maximum absolute atomic E-state index is 13.6. The van der Waals surface area contributed by atoms with Gasteiger partial charge in [0.2, 0.25) is 5.82 Å². The van der Waals surface area contributed by atoms with Gasteiger partial charge in [0.1, 0.15) is 5.58 Å². The fraction of sp³-hybridized carbons (Fsp3) is 0.100. The average Bonchev–Trinajstić information content (AvgIpc) is 3.45. The summed E-state index contributed by atoms with van der Waals surface area (Å²) in [6, 6.07) is 24.7. The highest BCUT2D eigenvalue weighted by Gasteiger charge is 2.17. The number of furan rings is 1. The largest absolute Gasteiger partial charge is 0.453 e. The monoisotopic (exact) mass is 506 g/mol. The second-order valence-electron chi connectivity index (χ2n) is 9.06. The Labute approximate surface area is 218 Å².